The van der Waals surface area contributed by atoms with Crippen molar-refractivity contribution in [2.45, 2.75) is 0 Å². The first-order valence-corrected chi connectivity index (χ1v) is 4.51. The second kappa shape index (κ2) is 3.51. The van der Waals surface area contributed by atoms with Gasteiger partial charge in [-0.3, -0.25) is 0 Å². The van der Waals surface area contributed by atoms with Crippen LogP contribution in [0.3, 0.4) is 0 Å². The van der Waals surface area contributed by atoms with Crippen molar-refractivity contribution in [3.05, 3.63) is 29.5 Å². The van der Waals surface area contributed by atoms with Gasteiger partial charge in [-0.1, -0.05) is 0 Å². The van der Waals surface area contributed by atoms with E-state index in [-0.39, 0.29) is 4.88 Å². The maximum absolute atomic E-state index is 10.6. The fraction of sp³-hybridized carbons (Fsp3) is 0. The summed E-state index contributed by atoms with van der Waals surface area (Å²) in [6.07, 6.45) is 2.98. The summed E-state index contributed by atoms with van der Waals surface area (Å²) in [5, 5.41) is 8.68. The number of carboxylic acids is 1. The lowest BCUT2D eigenvalue weighted by molar-refractivity contribution is 0.0702. The van der Waals surface area contributed by atoms with Gasteiger partial charge >= 0.3 is 5.97 Å². The molecule has 0 radical (unpaired) electrons. The molecule has 0 aliphatic carbocycles. The van der Waals surface area contributed by atoms with E-state index in [1.54, 1.807) is 12.3 Å². The summed E-state index contributed by atoms with van der Waals surface area (Å²) in [7, 11) is 0. The van der Waals surface area contributed by atoms with Crippen molar-refractivity contribution in [2.24, 2.45) is 0 Å². The molecule has 0 amide bonds. The number of hydrogen-bond donors (Lipinski definition) is 1. The highest BCUT2D eigenvalue weighted by molar-refractivity contribution is 7.08. The lowest BCUT2D eigenvalue weighted by atomic mass is 10.3. The van der Waals surface area contributed by atoms with Crippen LogP contribution in [-0.4, -0.2) is 25.4 Å². The van der Waals surface area contributed by atoms with Gasteiger partial charge in [0.15, 0.2) is 0 Å². The first-order chi connectivity index (χ1) is 6.77. The Hall–Kier alpha value is -1.82. The Labute approximate surface area is 83.2 Å². The topological polar surface area (TPSA) is 76.0 Å². The van der Waals surface area contributed by atoms with Crippen LogP contribution in [-0.2, 0) is 0 Å². The molecule has 0 aliphatic rings. The van der Waals surface area contributed by atoms with E-state index in [1.807, 2.05) is 0 Å². The van der Waals surface area contributed by atoms with Gasteiger partial charge in [0.25, 0.3) is 0 Å². The van der Waals surface area contributed by atoms with Crippen molar-refractivity contribution < 1.29 is 9.90 Å². The molecule has 2 aromatic heterocycles. The van der Waals surface area contributed by atoms with E-state index >= 15 is 0 Å². The lowest BCUT2D eigenvalue weighted by Gasteiger charge is -1.90. The molecule has 14 heavy (non-hydrogen) atoms. The maximum Gasteiger partial charge on any atom is 0.347 e. The van der Waals surface area contributed by atoms with Crippen molar-refractivity contribution in [3.8, 4) is 11.4 Å². The van der Waals surface area contributed by atoms with Crippen molar-refractivity contribution in [1.82, 2.24) is 14.3 Å². The summed E-state index contributed by atoms with van der Waals surface area (Å²) in [6, 6.07) is 3.18. The minimum atomic E-state index is -0.970. The van der Waals surface area contributed by atoms with E-state index in [0.29, 0.717) is 11.4 Å². The molecule has 5 nitrogen and oxygen atoms in total. The predicted molar refractivity (Wildman–Crippen MR) is 50.1 cm³/mol. The molecule has 0 aliphatic heterocycles. The molecule has 0 fully saturated rings. The highest BCUT2D eigenvalue weighted by Gasteiger charge is 2.10. The number of carbonyl (C=O) groups is 1. The number of aromatic carboxylic acids is 1. The Bertz CT molecular complexity index is 455. The fourth-order valence-electron chi connectivity index (χ4n) is 0.939. The van der Waals surface area contributed by atoms with Crippen molar-refractivity contribution in [2.75, 3.05) is 0 Å². The van der Waals surface area contributed by atoms with Crippen LogP contribution in [0.5, 0.6) is 0 Å². The third kappa shape index (κ3) is 1.60. The van der Waals surface area contributed by atoms with Crippen LogP contribution < -0.4 is 0 Å². The highest BCUT2D eigenvalue weighted by Crippen LogP contribution is 2.18. The molecule has 0 saturated heterocycles. The van der Waals surface area contributed by atoms with E-state index < -0.39 is 5.97 Å². The molecule has 0 saturated carbocycles. The Morgan fingerprint density at radius 2 is 2.29 bits per heavy atom. The van der Waals surface area contributed by atoms with Gasteiger partial charge in [-0.05, 0) is 23.7 Å². The molecule has 70 valence electrons. The molecular formula is C8H5N3O2S. The Balaban J connectivity index is 2.39. The average molecular weight is 207 g/mol. The molecule has 0 aromatic carbocycles. The van der Waals surface area contributed by atoms with Gasteiger partial charge in [0.2, 0.25) is 0 Å². The molecule has 6 heteroatoms. The summed E-state index contributed by atoms with van der Waals surface area (Å²) in [5.74, 6) is -0.970. The first-order valence-electron chi connectivity index (χ1n) is 3.74. The zero-order chi connectivity index (χ0) is 9.97. The zero-order valence-corrected chi connectivity index (χ0v) is 7.73. The number of hydrogen-bond acceptors (Lipinski definition) is 5. The lowest BCUT2D eigenvalue weighted by Crippen LogP contribution is -1.90. The van der Waals surface area contributed by atoms with Crippen molar-refractivity contribution in [1.29, 1.82) is 0 Å². The molecular weight excluding hydrogens is 202 g/mol. The van der Waals surface area contributed by atoms with E-state index in [4.69, 9.17) is 5.11 Å². The minimum Gasteiger partial charge on any atom is -0.477 e. The SMILES string of the molecule is O=C(O)c1cc(-c2ccncn2)ns1. The molecule has 0 unspecified atom stereocenters. The summed E-state index contributed by atoms with van der Waals surface area (Å²) >= 11 is 0.943. The quantitative estimate of drug-likeness (QED) is 0.803. The van der Waals surface area contributed by atoms with Crippen molar-refractivity contribution >= 4 is 17.5 Å². The Kier molecular flexibility index (Phi) is 2.19. The summed E-state index contributed by atoms with van der Waals surface area (Å²) in [6.45, 7) is 0. The van der Waals surface area contributed by atoms with E-state index in [1.165, 1.54) is 12.4 Å². The Morgan fingerprint density at radius 3 is 2.86 bits per heavy atom. The first kappa shape index (κ1) is 8.76. The molecule has 2 aromatic rings. The van der Waals surface area contributed by atoms with Gasteiger partial charge in [0, 0.05) is 6.20 Å². The molecule has 0 bridgehead atoms. The Morgan fingerprint density at radius 1 is 1.43 bits per heavy atom. The second-order valence-electron chi connectivity index (χ2n) is 2.48. The van der Waals surface area contributed by atoms with Crippen LogP contribution in [0.1, 0.15) is 9.67 Å². The fourth-order valence-corrected chi connectivity index (χ4v) is 1.52. The van der Waals surface area contributed by atoms with Crippen LogP contribution in [0.25, 0.3) is 11.4 Å². The van der Waals surface area contributed by atoms with Crippen LogP contribution in [0.15, 0.2) is 24.7 Å². The number of nitrogens with zero attached hydrogens (tertiary/aromatic N) is 3. The molecule has 0 spiro atoms. The maximum atomic E-state index is 10.6. The van der Waals surface area contributed by atoms with Gasteiger partial charge in [0.05, 0.1) is 5.69 Å². The van der Waals surface area contributed by atoms with E-state index in [0.717, 1.165) is 11.5 Å². The second-order valence-corrected chi connectivity index (χ2v) is 3.28. The standard InChI is InChI=1S/C8H5N3O2S/c12-8(13)7-3-6(11-14-7)5-1-2-9-4-10-5/h1-4H,(H,12,13). The monoisotopic (exact) mass is 207 g/mol. The predicted octanol–water partition coefficient (Wildman–Crippen LogP) is 1.30. The van der Waals surface area contributed by atoms with Crippen LogP contribution in [0.2, 0.25) is 0 Å². The number of rotatable bonds is 2. The van der Waals surface area contributed by atoms with Gasteiger partial charge in [-0.2, -0.15) is 4.37 Å². The summed E-state index contributed by atoms with van der Waals surface area (Å²) < 4.78 is 3.98. The molecule has 1 N–H and O–H groups in total. The summed E-state index contributed by atoms with van der Waals surface area (Å²) in [5.41, 5.74) is 1.19. The highest BCUT2D eigenvalue weighted by atomic mass is 32.1. The van der Waals surface area contributed by atoms with Gasteiger partial charge in [0.1, 0.15) is 16.9 Å². The third-order valence-electron chi connectivity index (χ3n) is 1.57. The van der Waals surface area contributed by atoms with E-state index in [2.05, 4.69) is 14.3 Å². The average Bonchev–Trinajstić information content (AvgIpc) is 2.68. The molecule has 0 atom stereocenters. The molecule has 2 rings (SSSR count). The van der Waals surface area contributed by atoms with Gasteiger partial charge in [-0.15, -0.1) is 0 Å². The minimum absolute atomic E-state index is 0.207. The number of carboxylic acid groups (broad SMARTS) is 1. The zero-order valence-electron chi connectivity index (χ0n) is 6.91. The van der Waals surface area contributed by atoms with E-state index in [9.17, 15) is 4.79 Å². The van der Waals surface area contributed by atoms with Gasteiger partial charge < -0.3 is 5.11 Å². The van der Waals surface area contributed by atoms with Crippen molar-refractivity contribution in [3.63, 3.8) is 0 Å². The summed E-state index contributed by atoms with van der Waals surface area (Å²) in [4.78, 5) is 18.5. The normalized spacial score (nSPS) is 10.0. The third-order valence-corrected chi connectivity index (χ3v) is 2.34. The largest absolute Gasteiger partial charge is 0.477 e. The van der Waals surface area contributed by atoms with Gasteiger partial charge in [-0.25, -0.2) is 14.8 Å². The van der Waals surface area contributed by atoms with Crippen LogP contribution in [0, 0.1) is 0 Å². The van der Waals surface area contributed by atoms with Crippen LogP contribution >= 0.6 is 11.5 Å². The molecule has 2 heterocycles. The van der Waals surface area contributed by atoms with Crippen LogP contribution in [0.4, 0.5) is 0 Å². The number of aromatic nitrogens is 3. The smallest absolute Gasteiger partial charge is 0.347 e.